The van der Waals surface area contributed by atoms with Crippen molar-refractivity contribution in [1.82, 2.24) is 9.47 Å². The zero-order valence-electron chi connectivity index (χ0n) is 16.9. The fourth-order valence-electron chi connectivity index (χ4n) is 3.26. The van der Waals surface area contributed by atoms with Gasteiger partial charge in [-0.25, -0.2) is 4.39 Å². The lowest BCUT2D eigenvalue weighted by Gasteiger charge is -2.17. The molecule has 29 heavy (non-hydrogen) atoms. The molecule has 150 valence electrons. The highest BCUT2D eigenvalue weighted by Crippen LogP contribution is 2.30. The number of aromatic nitrogens is 1. The molecule has 1 N–H and O–H groups in total. The molecule has 0 fully saturated rings. The van der Waals surface area contributed by atoms with Gasteiger partial charge in [-0.2, -0.15) is 5.26 Å². The minimum atomic E-state index is -0.341. The minimum absolute atomic E-state index is 0.189. The van der Waals surface area contributed by atoms with Crippen LogP contribution < -0.4 is 5.32 Å². The lowest BCUT2D eigenvalue weighted by Crippen LogP contribution is -2.30. The zero-order valence-corrected chi connectivity index (χ0v) is 17.7. The molecule has 2 heterocycles. The van der Waals surface area contributed by atoms with Crippen LogP contribution in [0, 0.1) is 37.9 Å². The summed E-state index contributed by atoms with van der Waals surface area (Å²) < 4.78 is 15.1. The van der Waals surface area contributed by atoms with Crippen molar-refractivity contribution in [1.29, 1.82) is 5.26 Å². The summed E-state index contributed by atoms with van der Waals surface area (Å²) in [6, 6.07) is 10.2. The molecule has 1 amide bonds. The molecule has 0 bridgehead atoms. The topological polar surface area (TPSA) is 61.1 Å². The molecule has 0 saturated heterocycles. The number of hydrogen-bond acceptors (Lipinski definition) is 4. The second kappa shape index (κ2) is 8.60. The van der Waals surface area contributed by atoms with Gasteiger partial charge in [-0.1, -0.05) is 0 Å². The predicted octanol–water partition coefficient (Wildman–Crippen LogP) is 4.55. The molecular formula is C22H23FN4OS. The van der Waals surface area contributed by atoms with E-state index in [1.54, 1.807) is 28.0 Å². The van der Waals surface area contributed by atoms with Crippen molar-refractivity contribution in [2.24, 2.45) is 0 Å². The Kier molecular flexibility index (Phi) is 6.16. The van der Waals surface area contributed by atoms with Crippen LogP contribution >= 0.6 is 11.3 Å². The van der Waals surface area contributed by atoms with Crippen molar-refractivity contribution in [2.45, 2.75) is 27.3 Å². The highest BCUT2D eigenvalue weighted by molar-refractivity contribution is 7.10. The molecule has 0 unspecified atom stereocenters. The average molecular weight is 411 g/mol. The van der Waals surface area contributed by atoms with Gasteiger partial charge < -0.3 is 5.32 Å². The number of aryl methyl sites for hydroxylation is 1. The maximum Gasteiger partial charge on any atom is 0.239 e. The Morgan fingerprint density at radius 3 is 2.52 bits per heavy atom. The minimum Gasteiger partial charge on any atom is -0.310 e. The Morgan fingerprint density at radius 2 is 1.93 bits per heavy atom. The standard InChI is InChI=1S/C22H23FN4OS/c1-14-9-10-29-20(14)12-26(4)13-21(28)25-22-19(11-24)15(2)16(3)27(22)18-7-5-17(23)6-8-18/h5-10H,12-13H2,1-4H3,(H,25,28). The number of thiophene rings is 1. The quantitative estimate of drug-likeness (QED) is 0.649. The first-order valence-corrected chi connectivity index (χ1v) is 10.1. The van der Waals surface area contributed by atoms with Gasteiger partial charge in [0.05, 0.1) is 12.1 Å². The molecule has 3 aromatic rings. The van der Waals surface area contributed by atoms with E-state index in [1.165, 1.54) is 22.6 Å². The number of halogens is 1. The van der Waals surface area contributed by atoms with Gasteiger partial charge in [0, 0.05) is 22.8 Å². The molecule has 2 aromatic heterocycles. The number of carbonyl (C=O) groups excluding carboxylic acids is 1. The van der Waals surface area contributed by atoms with E-state index < -0.39 is 0 Å². The van der Waals surface area contributed by atoms with Crippen LogP contribution in [0.5, 0.6) is 0 Å². The van der Waals surface area contributed by atoms with E-state index in [0.29, 0.717) is 23.6 Å². The number of carbonyl (C=O) groups is 1. The monoisotopic (exact) mass is 410 g/mol. The lowest BCUT2D eigenvalue weighted by atomic mass is 10.2. The molecule has 7 heteroatoms. The zero-order chi connectivity index (χ0) is 21.1. The van der Waals surface area contributed by atoms with Crippen LogP contribution in [0.2, 0.25) is 0 Å². The first-order chi connectivity index (χ1) is 13.8. The number of hydrogen-bond donors (Lipinski definition) is 1. The number of likely N-dealkylation sites (N-methyl/N-ethyl adjacent to an activating group) is 1. The molecule has 0 atom stereocenters. The van der Waals surface area contributed by atoms with Gasteiger partial charge in [0.15, 0.2) is 0 Å². The number of nitrogens with zero attached hydrogens (tertiary/aromatic N) is 3. The summed E-state index contributed by atoms with van der Waals surface area (Å²) >= 11 is 1.67. The smallest absolute Gasteiger partial charge is 0.239 e. The fraction of sp³-hybridized carbons (Fsp3) is 0.273. The van der Waals surface area contributed by atoms with Crippen molar-refractivity contribution in [3.05, 3.63) is 68.8 Å². The van der Waals surface area contributed by atoms with Gasteiger partial charge >= 0.3 is 0 Å². The molecule has 1 aromatic carbocycles. The summed E-state index contributed by atoms with van der Waals surface area (Å²) in [5.41, 5.74) is 3.93. The van der Waals surface area contributed by atoms with Crippen molar-refractivity contribution in [3.8, 4) is 11.8 Å². The largest absolute Gasteiger partial charge is 0.310 e. The molecule has 0 saturated carbocycles. The van der Waals surface area contributed by atoms with E-state index >= 15 is 0 Å². The maximum absolute atomic E-state index is 13.4. The van der Waals surface area contributed by atoms with E-state index in [2.05, 4.69) is 24.4 Å². The van der Waals surface area contributed by atoms with E-state index in [-0.39, 0.29) is 18.3 Å². The van der Waals surface area contributed by atoms with Gasteiger partial charge in [-0.15, -0.1) is 11.3 Å². The van der Waals surface area contributed by atoms with Gasteiger partial charge in [-0.3, -0.25) is 14.3 Å². The molecule has 0 aliphatic carbocycles. The number of nitriles is 1. The molecular weight excluding hydrogens is 387 g/mol. The number of rotatable bonds is 6. The third-order valence-corrected chi connectivity index (χ3v) is 5.97. The van der Waals surface area contributed by atoms with E-state index in [4.69, 9.17) is 0 Å². The average Bonchev–Trinajstić information content (AvgIpc) is 3.17. The van der Waals surface area contributed by atoms with Crippen LogP contribution in [0.3, 0.4) is 0 Å². The molecule has 0 radical (unpaired) electrons. The van der Waals surface area contributed by atoms with Gasteiger partial charge in [-0.05, 0) is 74.7 Å². The Bertz CT molecular complexity index is 1080. The van der Waals surface area contributed by atoms with Gasteiger partial charge in [0.2, 0.25) is 5.91 Å². The van der Waals surface area contributed by atoms with Crippen LogP contribution in [0.4, 0.5) is 10.2 Å². The Morgan fingerprint density at radius 1 is 1.24 bits per heavy atom. The van der Waals surface area contributed by atoms with Crippen molar-refractivity contribution in [2.75, 3.05) is 18.9 Å². The van der Waals surface area contributed by atoms with Crippen LogP contribution in [0.1, 0.15) is 27.3 Å². The Balaban J connectivity index is 1.85. The number of amides is 1. The third kappa shape index (κ3) is 4.39. The summed E-state index contributed by atoms with van der Waals surface area (Å²) in [4.78, 5) is 15.9. The summed E-state index contributed by atoms with van der Waals surface area (Å²) in [5, 5.41) is 14.6. The van der Waals surface area contributed by atoms with Crippen molar-refractivity contribution >= 4 is 23.1 Å². The SMILES string of the molecule is Cc1ccsc1CN(C)CC(=O)Nc1c(C#N)c(C)c(C)n1-c1ccc(F)cc1. The highest BCUT2D eigenvalue weighted by atomic mass is 32.1. The molecule has 0 aliphatic heterocycles. The Labute approximate surface area is 174 Å². The van der Waals surface area contributed by atoms with E-state index in [1.807, 2.05) is 31.2 Å². The maximum atomic E-state index is 13.4. The second-order valence-electron chi connectivity index (χ2n) is 7.10. The predicted molar refractivity (Wildman–Crippen MR) is 114 cm³/mol. The van der Waals surface area contributed by atoms with Crippen LogP contribution in [-0.2, 0) is 11.3 Å². The summed E-state index contributed by atoms with van der Waals surface area (Å²) in [6.07, 6.45) is 0. The first kappa shape index (κ1) is 20.8. The first-order valence-electron chi connectivity index (χ1n) is 9.21. The van der Waals surface area contributed by atoms with Crippen molar-refractivity contribution < 1.29 is 9.18 Å². The van der Waals surface area contributed by atoms with Crippen LogP contribution in [-0.4, -0.2) is 29.0 Å². The molecule has 5 nitrogen and oxygen atoms in total. The van der Waals surface area contributed by atoms with Gasteiger partial charge in [0.1, 0.15) is 17.7 Å². The number of nitrogens with one attached hydrogen (secondary N) is 1. The normalized spacial score (nSPS) is 10.9. The molecule has 0 aliphatic rings. The number of anilines is 1. The molecule has 0 spiro atoms. The van der Waals surface area contributed by atoms with Crippen LogP contribution in [0.15, 0.2) is 35.7 Å². The summed E-state index contributed by atoms with van der Waals surface area (Å²) in [5.74, 6) is -0.134. The summed E-state index contributed by atoms with van der Waals surface area (Å²) in [6.45, 7) is 6.64. The lowest BCUT2D eigenvalue weighted by molar-refractivity contribution is -0.117. The third-order valence-electron chi connectivity index (χ3n) is 4.96. The number of benzene rings is 1. The fourth-order valence-corrected chi connectivity index (χ4v) is 4.24. The highest BCUT2D eigenvalue weighted by Gasteiger charge is 2.21. The van der Waals surface area contributed by atoms with E-state index in [9.17, 15) is 14.4 Å². The summed E-state index contributed by atoms with van der Waals surface area (Å²) in [7, 11) is 1.89. The van der Waals surface area contributed by atoms with Crippen LogP contribution in [0.25, 0.3) is 5.69 Å². The van der Waals surface area contributed by atoms with Crippen molar-refractivity contribution in [3.63, 3.8) is 0 Å². The second-order valence-corrected chi connectivity index (χ2v) is 8.11. The molecule has 3 rings (SSSR count). The van der Waals surface area contributed by atoms with E-state index in [0.717, 1.165) is 11.3 Å². The van der Waals surface area contributed by atoms with Gasteiger partial charge in [0.25, 0.3) is 0 Å². The Hall–Kier alpha value is -2.95.